The molecule has 0 unspecified atom stereocenters. The predicted octanol–water partition coefficient (Wildman–Crippen LogP) is 2.86. The van der Waals surface area contributed by atoms with Crippen molar-refractivity contribution in [2.45, 2.75) is 13.8 Å². The number of hydrogen-bond donors (Lipinski definition) is 2. The molecule has 0 radical (unpaired) electrons. The molecule has 0 bridgehead atoms. The number of amides is 3. The first-order valence-corrected chi connectivity index (χ1v) is 8.31. The molecule has 132 valence electrons. The lowest BCUT2D eigenvalue weighted by atomic mass is 10.0. The van der Waals surface area contributed by atoms with Crippen molar-refractivity contribution in [3.05, 3.63) is 65.9 Å². The van der Waals surface area contributed by atoms with E-state index in [0.717, 1.165) is 0 Å². The molecule has 1 aliphatic heterocycles. The Balaban J connectivity index is 1.96. The lowest BCUT2D eigenvalue weighted by molar-refractivity contribution is -0.136. The Hall–Kier alpha value is -3.41. The van der Waals surface area contributed by atoms with Gasteiger partial charge in [0.25, 0.3) is 11.8 Å². The summed E-state index contributed by atoms with van der Waals surface area (Å²) in [7, 11) is 0. The van der Waals surface area contributed by atoms with E-state index in [9.17, 15) is 14.4 Å². The predicted molar refractivity (Wildman–Crippen MR) is 100 cm³/mol. The number of hydrogen-bond acceptors (Lipinski definition) is 4. The third-order valence-electron chi connectivity index (χ3n) is 4.02. The van der Waals surface area contributed by atoms with Crippen molar-refractivity contribution in [2.75, 3.05) is 17.2 Å². The van der Waals surface area contributed by atoms with Gasteiger partial charge in [-0.25, -0.2) is 0 Å². The van der Waals surface area contributed by atoms with Gasteiger partial charge in [0.2, 0.25) is 5.91 Å². The highest BCUT2D eigenvalue weighted by molar-refractivity contribution is 6.36. The molecule has 3 amide bonds. The van der Waals surface area contributed by atoms with E-state index in [0.29, 0.717) is 29.1 Å². The van der Waals surface area contributed by atoms with Gasteiger partial charge < -0.3 is 10.6 Å². The van der Waals surface area contributed by atoms with Gasteiger partial charge in [0.1, 0.15) is 5.70 Å². The molecule has 0 saturated heterocycles. The maximum absolute atomic E-state index is 12.7. The third kappa shape index (κ3) is 3.35. The molecule has 0 aromatic heterocycles. The molecule has 1 aliphatic rings. The molecule has 26 heavy (non-hydrogen) atoms. The largest absolute Gasteiger partial charge is 0.350 e. The normalized spacial score (nSPS) is 14.0. The average molecular weight is 349 g/mol. The van der Waals surface area contributed by atoms with Crippen LogP contribution in [0.5, 0.6) is 0 Å². The zero-order valence-corrected chi connectivity index (χ0v) is 14.6. The number of likely N-dealkylation sites (N-methyl/N-ethyl adjacent to an activating group) is 1. The zero-order valence-electron chi connectivity index (χ0n) is 14.6. The molecule has 0 fully saturated rings. The average Bonchev–Trinajstić information content (AvgIpc) is 2.86. The Kier molecular flexibility index (Phi) is 4.84. The minimum atomic E-state index is -0.345. The van der Waals surface area contributed by atoms with Crippen LogP contribution in [0.25, 0.3) is 5.57 Å². The fourth-order valence-electron chi connectivity index (χ4n) is 2.84. The van der Waals surface area contributed by atoms with Crippen molar-refractivity contribution >= 4 is 34.7 Å². The van der Waals surface area contributed by atoms with Gasteiger partial charge in [-0.15, -0.1) is 0 Å². The highest BCUT2D eigenvalue weighted by Gasteiger charge is 2.38. The van der Waals surface area contributed by atoms with Crippen LogP contribution < -0.4 is 10.6 Å². The Morgan fingerprint density at radius 1 is 0.923 bits per heavy atom. The molecule has 0 spiro atoms. The van der Waals surface area contributed by atoms with Crippen LogP contribution in [-0.4, -0.2) is 29.2 Å². The van der Waals surface area contributed by atoms with Gasteiger partial charge in [0.05, 0.1) is 5.57 Å². The number of carbonyl (C=O) groups is 3. The SMILES string of the molecule is CCN1C(=O)C(Nc2ccc(NC(C)=O)cc2)=C(c2ccccc2)C1=O. The van der Waals surface area contributed by atoms with Gasteiger partial charge in [0.15, 0.2) is 0 Å². The fraction of sp³-hybridized carbons (Fsp3) is 0.150. The third-order valence-corrected chi connectivity index (χ3v) is 4.02. The van der Waals surface area contributed by atoms with Crippen LogP contribution in [0.3, 0.4) is 0 Å². The summed E-state index contributed by atoms with van der Waals surface area (Å²) in [5, 5.41) is 5.75. The molecule has 0 atom stereocenters. The second kappa shape index (κ2) is 7.23. The molecule has 3 rings (SSSR count). The zero-order chi connectivity index (χ0) is 18.7. The molecule has 0 saturated carbocycles. The summed E-state index contributed by atoms with van der Waals surface area (Å²) in [6.07, 6.45) is 0. The van der Waals surface area contributed by atoms with Crippen LogP contribution >= 0.6 is 0 Å². The summed E-state index contributed by atoms with van der Waals surface area (Å²) in [5.41, 5.74) is 2.63. The van der Waals surface area contributed by atoms with Crippen LogP contribution in [0, 0.1) is 0 Å². The second-order valence-electron chi connectivity index (χ2n) is 5.85. The number of anilines is 2. The molecule has 6 nitrogen and oxygen atoms in total. The summed E-state index contributed by atoms with van der Waals surface area (Å²) in [5.74, 6) is -0.807. The molecule has 2 aromatic rings. The molecular formula is C20H19N3O3. The first kappa shape index (κ1) is 17.4. The lowest BCUT2D eigenvalue weighted by Crippen LogP contribution is -2.32. The van der Waals surface area contributed by atoms with Gasteiger partial charge >= 0.3 is 0 Å². The topological polar surface area (TPSA) is 78.5 Å². The highest BCUT2D eigenvalue weighted by atomic mass is 16.2. The van der Waals surface area contributed by atoms with Crippen molar-refractivity contribution in [1.82, 2.24) is 4.90 Å². The molecular weight excluding hydrogens is 330 g/mol. The van der Waals surface area contributed by atoms with Gasteiger partial charge in [-0.05, 0) is 36.8 Å². The summed E-state index contributed by atoms with van der Waals surface area (Å²) < 4.78 is 0. The molecule has 2 N–H and O–H groups in total. The Bertz CT molecular complexity index is 886. The van der Waals surface area contributed by atoms with Crippen molar-refractivity contribution in [3.63, 3.8) is 0 Å². The van der Waals surface area contributed by atoms with Crippen molar-refractivity contribution < 1.29 is 14.4 Å². The van der Waals surface area contributed by atoms with Crippen LogP contribution in [0.4, 0.5) is 11.4 Å². The van der Waals surface area contributed by atoms with Crippen molar-refractivity contribution in [1.29, 1.82) is 0 Å². The highest BCUT2D eigenvalue weighted by Crippen LogP contribution is 2.30. The van der Waals surface area contributed by atoms with Gasteiger partial charge in [-0.1, -0.05) is 30.3 Å². The van der Waals surface area contributed by atoms with Crippen LogP contribution in [-0.2, 0) is 14.4 Å². The standard InChI is InChI=1S/C20H19N3O3/c1-3-23-19(25)17(14-7-5-4-6-8-14)18(20(23)26)22-16-11-9-15(10-12-16)21-13(2)24/h4-12,22H,3H2,1-2H3,(H,21,24). The summed E-state index contributed by atoms with van der Waals surface area (Å²) in [4.78, 5) is 37.7. The fourth-order valence-corrected chi connectivity index (χ4v) is 2.84. The molecule has 0 aliphatic carbocycles. The van der Waals surface area contributed by atoms with Gasteiger partial charge in [-0.2, -0.15) is 0 Å². The van der Waals surface area contributed by atoms with E-state index in [4.69, 9.17) is 0 Å². The Labute approximate surface area is 151 Å². The van der Waals surface area contributed by atoms with Crippen LogP contribution in [0.2, 0.25) is 0 Å². The summed E-state index contributed by atoms with van der Waals surface area (Å²) in [6, 6.07) is 16.1. The first-order chi connectivity index (χ1) is 12.5. The molecule has 1 heterocycles. The number of imide groups is 1. The van der Waals surface area contributed by atoms with Crippen molar-refractivity contribution in [2.24, 2.45) is 0 Å². The minimum absolute atomic E-state index is 0.157. The summed E-state index contributed by atoms with van der Waals surface area (Å²) >= 11 is 0. The number of carbonyl (C=O) groups excluding carboxylic acids is 3. The monoisotopic (exact) mass is 349 g/mol. The summed E-state index contributed by atoms with van der Waals surface area (Å²) in [6.45, 7) is 3.51. The van der Waals surface area contributed by atoms with E-state index in [1.165, 1.54) is 11.8 Å². The van der Waals surface area contributed by atoms with E-state index in [1.54, 1.807) is 43.3 Å². The maximum atomic E-state index is 12.7. The van der Waals surface area contributed by atoms with Crippen LogP contribution in [0.15, 0.2) is 60.3 Å². The Morgan fingerprint density at radius 2 is 1.54 bits per heavy atom. The van der Waals surface area contributed by atoms with Crippen molar-refractivity contribution in [3.8, 4) is 0 Å². The second-order valence-corrected chi connectivity index (χ2v) is 5.85. The van der Waals surface area contributed by atoms with Crippen LogP contribution in [0.1, 0.15) is 19.4 Å². The van der Waals surface area contributed by atoms with E-state index in [1.807, 2.05) is 18.2 Å². The van der Waals surface area contributed by atoms with E-state index in [2.05, 4.69) is 10.6 Å². The number of benzene rings is 2. The first-order valence-electron chi connectivity index (χ1n) is 8.31. The van der Waals surface area contributed by atoms with E-state index >= 15 is 0 Å². The number of rotatable bonds is 5. The maximum Gasteiger partial charge on any atom is 0.278 e. The van der Waals surface area contributed by atoms with E-state index < -0.39 is 0 Å². The van der Waals surface area contributed by atoms with Gasteiger partial charge in [0, 0.05) is 24.8 Å². The lowest BCUT2D eigenvalue weighted by Gasteiger charge is -2.12. The Morgan fingerprint density at radius 3 is 2.12 bits per heavy atom. The van der Waals surface area contributed by atoms with Gasteiger partial charge in [-0.3, -0.25) is 19.3 Å². The number of nitrogens with zero attached hydrogens (tertiary/aromatic N) is 1. The van der Waals surface area contributed by atoms with E-state index in [-0.39, 0.29) is 23.4 Å². The smallest absolute Gasteiger partial charge is 0.278 e. The quantitative estimate of drug-likeness (QED) is 0.814. The molecule has 2 aromatic carbocycles. The minimum Gasteiger partial charge on any atom is -0.350 e. The molecule has 6 heteroatoms. The number of nitrogens with one attached hydrogen (secondary N) is 2.